The molecule has 1 amide bonds. The summed E-state index contributed by atoms with van der Waals surface area (Å²) in [7, 11) is 0. The van der Waals surface area contributed by atoms with Crippen molar-refractivity contribution in [3.63, 3.8) is 0 Å². The number of ether oxygens (including phenoxy) is 1. The molecular weight excluding hydrogens is 390 g/mol. The SMILES string of the molecule is O=C(Nc1cccc(CSC2CCOCC2)c1)C(c1ccccc1)c1ccccc1. The Kier molecular flexibility index (Phi) is 7.22. The lowest BCUT2D eigenvalue weighted by Gasteiger charge is -2.21. The molecule has 30 heavy (non-hydrogen) atoms. The number of carbonyl (C=O) groups is 1. The summed E-state index contributed by atoms with van der Waals surface area (Å²) in [6.45, 7) is 1.74. The molecule has 0 bridgehead atoms. The van der Waals surface area contributed by atoms with E-state index in [9.17, 15) is 4.79 Å². The first-order chi connectivity index (χ1) is 14.8. The first kappa shape index (κ1) is 20.7. The van der Waals surface area contributed by atoms with Crippen LogP contribution >= 0.6 is 11.8 Å². The third-order valence-electron chi connectivity index (χ3n) is 5.38. The number of benzene rings is 3. The maximum Gasteiger partial charge on any atom is 0.236 e. The molecule has 0 aromatic heterocycles. The zero-order valence-electron chi connectivity index (χ0n) is 17.0. The smallest absolute Gasteiger partial charge is 0.236 e. The van der Waals surface area contributed by atoms with E-state index in [4.69, 9.17) is 4.74 Å². The zero-order valence-corrected chi connectivity index (χ0v) is 17.8. The highest BCUT2D eigenvalue weighted by molar-refractivity contribution is 7.99. The number of hydrogen-bond acceptors (Lipinski definition) is 3. The van der Waals surface area contributed by atoms with E-state index >= 15 is 0 Å². The minimum absolute atomic E-state index is 0.0124. The third kappa shape index (κ3) is 5.53. The Hall–Kier alpha value is -2.56. The van der Waals surface area contributed by atoms with Gasteiger partial charge in [0.05, 0.1) is 5.92 Å². The average molecular weight is 418 g/mol. The van der Waals surface area contributed by atoms with E-state index in [1.165, 1.54) is 5.56 Å². The van der Waals surface area contributed by atoms with Gasteiger partial charge in [-0.3, -0.25) is 4.79 Å². The molecule has 1 saturated heterocycles. The Morgan fingerprint density at radius 3 is 2.17 bits per heavy atom. The maximum absolute atomic E-state index is 13.3. The van der Waals surface area contributed by atoms with Gasteiger partial charge in [-0.15, -0.1) is 0 Å². The van der Waals surface area contributed by atoms with Gasteiger partial charge in [0.15, 0.2) is 0 Å². The normalized spacial score (nSPS) is 14.6. The Labute approximate surface area is 182 Å². The van der Waals surface area contributed by atoms with Crippen LogP contribution in [0.5, 0.6) is 0 Å². The van der Waals surface area contributed by atoms with Gasteiger partial charge >= 0.3 is 0 Å². The van der Waals surface area contributed by atoms with Gasteiger partial charge < -0.3 is 10.1 Å². The van der Waals surface area contributed by atoms with E-state index in [0.29, 0.717) is 5.25 Å². The van der Waals surface area contributed by atoms with Crippen molar-refractivity contribution in [3.8, 4) is 0 Å². The van der Waals surface area contributed by atoms with Crippen LogP contribution in [0.1, 0.15) is 35.4 Å². The standard InChI is InChI=1S/C26H27NO2S/c28-26(25(21-9-3-1-4-10-21)22-11-5-2-6-12-22)27-23-13-7-8-20(18-23)19-30-24-14-16-29-17-15-24/h1-13,18,24-25H,14-17,19H2,(H,27,28). The molecule has 0 spiro atoms. The molecule has 0 atom stereocenters. The van der Waals surface area contributed by atoms with Crippen LogP contribution < -0.4 is 5.32 Å². The summed E-state index contributed by atoms with van der Waals surface area (Å²) in [5, 5.41) is 3.81. The summed E-state index contributed by atoms with van der Waals surface area (Å²) in [6, 6.07) is 28.1. The van der Waals surface area contributed by atoms with E-state index in [1.54, 1.807) is 0 Å². The van der Waals surface area contributed by atoms with Gasteiger partial charge in [-0.25, -0.2) is 0 Å². The summed E-state index contributed by atoms with van der Waals surface area (Å²) >= 11 is 1.99. The fourth-order valence-corrected chi connectivity index (χ4v) is 4.93. The molecule has 3 aromatic rings. The largest absolute Gasteiger partial charge is 0.381 e. The molecule has 0 aliphatic carbocycles. The minimum atomic E-state index is -0.340. The summed E-state index contributed by atoms with van der Waals surface area (Å²) in [4.78, 5) is 13.3. The molecule has 1 heterocycles. The molecule has 3 aromatic carbocycles. The van der Waals surface area contributed by atoms with E-state index in [1.807, 2.05) is 84.6 Å². The van der Waals surface area contributed by atoms with Crippen molar-refractivity contribution in [2.24, 2.45) is 0 Å². The number of nitrogens with one attached hydrogen (secondary N) is 1. The van der Waals surface area contributed by atoms with Crippen LogP contribution in [0.15, 0.2) is 84.9 Å². The van der Waals surface area contributed by atoms with E-state index in [-0.39, 0.29) is 11.8 Å². The fraction of sp³-hybridized carbons (Fsp3) is 0.269. The highest BCUT2D eigenvalue weighted by Gasteiger charge is 2.22. The van der Waals surface area contributed by atoms with E-state index in [0.717, 1.165) is 48.6 Å². The molecule has 154 valence electrons. The number of carbonyl (C=O) groups excluding carboxylic acids is 1. The van der Waals surface area contributed by atoms with Crippen molar-refractivity contribution in [3.05, 3.63) is 102 Å². The molecule has 0 radical (unpaired) electrons. The molecular formula is C26H27NO2S. The van der Waals surface area contributed by atoms with Crippen molar-refractivity contribution >= 4 is 23.4 Å². The molecule has 4 heteroatoms. The zero-order chi connectivity index (χ0) is 20.6. The molecule has 1 aliphatic rings. The lowest BCUT2D eigenvalue weighted by Crippen LogP contribution is -2.22. The second kappa shape index (κ2) is 10.5. The summed E-state index contributed by atoms with van der Waals surface area (Å²) in [5.41, 5.74) is 4.07. The Balaban J connectivity index is 1.47. The van der Waals surface area contributed by atoms with Crippen LogP contribution in [-0.2, 0) is 15.3 Å². The summed E-state index contributed by atoms with van der Waals surface area (Å²) < 4.78 is 5.45. The van der Waals surface area contributed by atoms with Gasteiger partial charge in [-0.2, -0.15) is 11.8 Å². The van der Waals surface area contributed by atoms with E-state index in [2.05, 4.69) is 17.4 Å². The van der Waals surface area contributed by atoms with Crippen LogP contribution in [0.4, 0.5) is 5.69 Å². The topological polar surface area (TPSA) is 38.3 Å². The van der Waals surface area contributed by atoms with Crippen LogP contribution in [0.3, 0.4) is 0 Å². The molecule has 1 fully saturated rings. The van der Waals surface area contributed by atoms with Crippen molar-refractivity contribution in [2.75, 3.05) is 18.5 Å². The van der Waals surface area contributed by atoms with Gasteiger partial charge in [-0.05, 0) is 41.7 Å². The number of thioether (sulfide) groups is 1. The third-order valence-corrected chi connectivity index (χ3v) is 6.82. The van der Waals surface area contributed by atoms with Crippen molar-refractivity contribution in [2.45, 2.75) is 29.8 Å². The molecule has 0 saturated carbocycles. The van der Waals surface area contributed by atoms with Gasteiger partial charge in [0.25, 0.3) is 0 Å². The molecule has 3 nitrogen and oxygen atoms in total. The monoisotopic (exact) mass is 417 g/mol. The summed E-state index contributed by atoms with van der Waals surface area (Å²) in [6.07, 6.45) is 2.24. The average Bonchev–Trinajstić information content (AvgIpc) is 2.80. The Morgan fingerprint density at radius 2 is 1.53 bits per heavy atom. The van der Waals surface area contributed by atoms with Gasteiger partial charge in [0.1, 0.15) is 0 Å². The minimum Gasteiger partial charge on any atom is -0.381 e. The van der Waals surface area contributed by atoms with Crippen LogP contribution in [0, 0.1) is 0 Å². The van der Waals surface area contributed by atoms with Crippen molar-refractivity contribution < 1.29 is 9.53 Å². The van der Waals surface area contributed by atoms with E-state index < -0.39 is 0 Å². The quantitative estimate of drug-likeness (QED) is 0.522. The van der Waals surface area contributed by atoms with Crippen molar-refractivity contribution in [1.82, 2.24) is 0 Å². The molecule has 1 N–H and O–H groups in total. The number of amides is 1. The first-order valence-corrected chi connectivity index (χ1v) is 11.5. The maximum atomic E-state index is 13.3. The number of anilines is 1. The van der Waals surface area contributed by atoms with Crippen LogP contribution in [0.25, 0.3) is 0 Å². The van der Waals surface area contributed by atoms with Gasteiger partial charge in [0, 0.05) is 29.9 Å². The molecule has 4 rings (SSSR count). The second-order valence-electron chi connectivity index (χ2n) is 7.57. The Bertz CT molecular complexity index is 900. The lowest BCUT2D eigenvalue weighted by atomic mass is 9.90. The fourth-order valence-electron chi connectivity index (χ4n) is 3.80. The predicted molar refractivity (Wildman–Crippen MR) is 125 cm³/mol. The Morgan fingerprint density at radius 1 is 0.900 bits per heavy atom. The highest BCUT2D eigenvalue weighted by Crippen LogP contribution is 2.28. The van der Waals surface area contributed by atoms with Gasteiger partial charge in [-0.1, -0.05) is 72.8 Å². The van der Waals surface area contributed by atoms with Gasteiger partial charge in [0.2, 0.25) is 5.91 Å². The summed E-state index contributed by atoms with van der Waals surface area (Å²) in [5.74, 6) is 0.601. The van der Waals surface area contributed by atoms with Crippen LogP contribution in [0.2, 0.25) is 0 Å². The number of hydrogen-bond donors (Lipinski definition) is 1. The number of rotatable bonds is 7. The lowest BCUT2D eigenvalue weighted by molar-refractivity contribution is -0.116. The second-order valence-corrected chi connectivity index (χ2v) is 8.86. The predicted octanol–water partition coefficient (Wildman–Crippen LogP) is 5.87. The molecule has 1 aliphatic heterocycles. The molecule has 0 unspecified atom stereocenters. The highest BCUT2D eigenvalue weighted by atomic mass is 32.2. The van der Waals surface area contributed by atoms with Crippen LogP contribution in [-0.4, -0.2) is 24.4 Å². The van der Waals surface area contributed by atoms with Crippen molar-refractivity contribution in [1.29, 1.82) is 0 Å². The first-order valence-electron chi connectivity index (χ1n) is 10.5.